The maximum absolute atomic E-state index is 11.3. The van der Waals surface area contributed by atoms with Crippen LogP contribution in [0.25, 0.3) is 11.3 Å². The summed E-state index contributed by atoms with van der Waals surface area (Å²) >= 11 is 1.09. The molecule has 0 unspecified atom stereocenters. The molecule has 136 valence electrons. The second kappa shape index (κ2) is 7.96. The fourth-order valence-corrected chi connectivity index (χ4v) is 3.34. The molecular weight excluding hydrogens is 366 g/mol. The van der Waals surface area contributed by atoms with E-state index >= 15 is 0 Å². The highest BCUT2D eigenvalue weighted by Crippen LogP contribution is 2.34. The fourth-order valence-electron chi connectivity index (χ4n) is 2.43. The van der Waals surface area contributed by atoms with Crippen molar-refractivity contribution in [2.24, 2.45) is 0 Å². The first-order chi connectivity index (χ1) is 13.0. The van der Waals surface area contributed by atoms with Gasteiger partial charge in [-0.1, -0.05) is 6.07 Å². The van der Waals surface area contributed by atoms with Crippen molar-refractivity contribution >= 4 is 23.7 Å². The van der Waals surface area contributed by atoms with Gasteiger partial charge in [0.1, 0.15) is 12.0 Å². The standard InChI is InChI=1S/C19H15N3O4S/c1-12-9-16(14-4-6-15(26-2)7-5-14)21-19(20-12)27-18-8-3-13(11-23)10-17(18)22(24)25/h3-11H,1-2H3. The first kappa shape index (κ1) is 18.5. The number of benzene rings is 2. The van der Waals surface area contributed by atoms with Crippen LogP contribution in [0.5, 0.6) is 5.75 Å². The predicted octanol–water partition coefficient (Wildman–Crippen LogP) is 4.33. The Morgan fingerprint density at radius 1 is 1.11 bits per heavy atom. The number of hydrogen-bond acceptors (Lipinski definition) is 7. The van der Waals surface area contributed by atoms with Crippen molar-refractivity contribution in [1.29, 1.82) is 0 Å². The molecule has 0 saturated carbocycles. The molecule has 1 heterocycles. The normalized spacial score (nSPS) is 10.4. The average molecular weight is 381 g/mol. The molecule has 8 heteroatoms. The lowest BCUT2D eigenvalue weighted by molar-refractivity contribution is -0.387. The molecule has 7 nitrogen and oxygen atoms in total. The fraction of sp³-hybridized carbons (Fsp3) is 0.105. The third-order valence-corrected chi connectivity index (χ3v) is 4.67. The highest BCUT2D eigenvalue weighted by molar-refractivity contribution is 7.99. The zero-order chi connectivity index (χ0) is 19.4. The Morgan fingerprint density at radius 2 is 1.85 bits per heavy atom. The van der Waals surface area contributed by atoms with Crippen LogP contribution in [0.4, 0.5) is 5.69 Å². The summed E-state index contributed by atoms with van der Waals surface area (Å²) in [6.45, 7) is 1.84. The van der Waals surface area contributed by atoms with Crippen molar-refractivity contribution in [3.63, 3.8) is 0 Å². The Bertz CT molecular complexity index is 1010. The van der Waals surface area contributed by atoms with Crippen LogP contribution < -0.4 is 4.74 Å². The number of aldehydes is 1. The smallest absolute Gasteiger partial charge is 0.284 e. The minimum atomic E-state index is -0.518. The SMILES string of the molecule is COc1ccc(-c2cc(C)nc(Sc3ccc(C=O)cc3[N+](=O)[O-])n2)cc1. The lowest BCUT2D eigenvalue weighted by Gasteiger charge is -2.07. The Kier molecular flexibility index (Phi) is 5.46. The molecule has 3 aromatic rings. The van der Waals surface area contributed by atoms with Crippen LogP contribution in [0, 0.1) is 17.0 Å². The molecule has 0 fully saturated rings. The Morgan fingerprint density at radius 3 is 2.48 bits per heavy atom. The number of methoxy groups -OCH3 is 1. The number of ether oxygens (including phenoxy) is 1. The zero-order valence-electron chi connectivity index (χ0n) is 14.6. The van der Waals surface area contributed by atoms with Gasteiger partial charge in [-0.3, -0.25) is 14.9 Å². The van der Waals surface area contributed by atoms with Crippen LogP contribution >= 0.6 is 11.8 Å². The van der Waals surface area contributed by atoms with Gasteiger partial charge >= 0.3 is 0 Å². The summed E-state index contributed by atoms with van der Waals surface area (Å²) in [6.07, 6.45) is 0.576. The molecule has 0 spiro atoms. The molecule has 0 aliphatic carbocycles. The summed E-state index contributed by atoms with van der Waals surface area (Å²) in [5, 5.41) is 11.7. The molecule has 0 N–H and O–H groups in total. The topological polar surface area (TPSA) is 95.2 Å². The number of aromatic nitrogens is 2. The van der Waals surface area contributed by atoms with Crippen LogP contribution in [0.15, 0.2) is 58.6 Å². The zero-order valence-corrected chi connectivity index (χ0v) is 15.4. The Hall–Kier alpha value is -3.26. The summed E-state index contributed by atoms with van der Waals surface area (Å²) in [5.74, 6) is 0.741. The number of carbonyl (C=O) groups excluding carboxylic acids is 1. The van der Waals surface area contributed by atoms with Gasteiger partial charge in [-0.15, -0.1) is 0 Å². The molecule has 1 aromatic heterocycles. The van der Waals surface area contributed by atoms with E-state index in [0.29, 0.717) is 22.0 Å². The molecular formula is C19H15N3O4S. The van der Waals surface area contributed by atoms with Gasteiger partial charge < -0.3 is 4.74 Å². The molecule has 0 aliphatic rings. The quantitative estimate of drug-likeness (QED) is 0.271. The van der Waals surface area contributed by atoms with Crippen molar-refractivity contribution in [1.82, 2.24) is 9.97 Å². The van der Waals surface area contributed by atoms with E-state index in [1.54, 1.807) is 7.11 Å². The molecule has 0 amide bonds. The summed E-state index contributed by atoms with van der Waals surface area (Å²) in [5.41, 5.74) is 2.43. The molecule has 27 heavy (non-hydrogen) atoms. The van der Waals surface area contributed by atoms with E-state index in [2.05, 4.69) is 9.97 Å². The summed E-state index contributed by atoms with van der Waals surface area (Å²) in [4.78, 5) is 30.9. The van der Waals surface area contributed by atoms with Crippen LogP contribution in [-0.2, 0) is 0 Å². The van der Waals surface area contributed by atoms with Gasteiger partial charge in [0.25, 0.3) is 5.69 Å². The summed E-state index contributed by atoms with van der Waals surface area (Å²) in [7, 11) is 1.60. The summed E-state index contributed by atoms with van der Waals surface area (Å²) < 4.78 is 5.16. The second-order valence-corrected chi connectivity index (χ2v) is 6.62. The lowest BCUT2D eigenvalue weighted by atomic mass is 10.1. The lowest BCUT2D eigenvalue weighted by Crippen LogP contribution is -1.96. The first-order valence-electron chi connectivity index (χ1n) is 7.91. The number of rotatable bonds is 6. The van der Waals surface area contributed by atoms with Gasteiger partial charge in [0.15, 0.2) is 5.16 Å². The molecule has 2 aromatic carbocycles. The minimum absolute atomic E-state index is 0.152. The van der Waals surface area contributed by atoms with Crippen LogP contribution in [0.1, 0.15) is 16.1 Å². The molecule has 3 rings (SSSR count). The van der Waals surface area contributed by atoms with E-state index in [9.17, 15) is 14.9 Å². The maximum Gasteiger partial charge on any atom is 0.284 e. The number of carbonyl (C=O) groups is 1. The summed E-state index contributed by atoms with van der Waals surface area (Å²) in [6, 6.07) is 13.6. The molecule has 0 aliphatic heterocycles. The van der Waals surface area contributed by atoms with Gasteiger partial charge in [0, 0.05) is 22.9 Å². The molecule has 0 atom stereocenters. The van der Waals surface area contributed by atoms with Crippen molar-refractivity contribution in [2.75, 3.05) is 7.11 Å². The highest BCUT2D eigenvalue weighted by atomic mass is 32.2. The average Bonchev–Trinajstić information content (AvgIpc) is 2.67. The van der Waals surface area contributed by atoms with Gasteiger partial charge in [-0.25, -0.2) is 9.97 Å². The third kappa shape index (κ3) is 4.29. The van der Waals surface area contributed by atoms with Crippen molar-refractivity contribution in [3.8, 4) is 17.0 Å². The van der Waals surface area contributed by atoms with Crippen LogP contribution in [-0.4, -0.2) is 28.3 Å². The number of nitro groups is 1. The molecule has 0 radical (unpaired) electrons. The predicted molar refractivity (Wildman–Crippen MR) is 101 cm³/mol. The minimum Gasteiger partial charge on any atom is -0.497 e. The van der Waals surface area contributed by atoms with E-state index in [1.165, 1.54) is 18.2 Å². The van der Waals surface area contributed by atoms with E-state index in [4.69, 9.17) is 4.74 Å². The van der Waals surface area contributed by atoms with E-state index in [1.807, 2.05) is 37.3 Å². The second-order valence-electron chi connectivity index (χ2n) is 5.61. The highest BCUT2D eigenvalue weighted by Gasteiger charge is 2.17. The Labute approximate surface area is 159 Å². The molecule has 0 bridgehead atoms. The third-order valence-electron chi connectivity index (χ3n) is 3.74. The van der Waals surface area contributed by atoms with Gasteiger partial charge in [-0.05, 0) is 55.1 Å². The van der Waals surface area contributed by atoms with Crippen molar-refractivity contribution in [3.05, 3.63) is 69.9 Å². The van der Waals surface area contributed by atoms with Crippen molar-refractivity contribution < 1.29 is 14.5 Å². The largest absolute Gasteiger partial charge is 0.497 e. The van der Waals surface area contributed by atoms with E-state index < -0.39 is 4.92 Å². The van der Waals surface area contributed by atoms with E-state index in [0.717, 1.165) is 28.8 Å². The number of nitrogens with zero attached hydrogens (tertiary/aromatic N) is 3. The first-order valence-corrected chi connectivity index (χ1v) is 8.73. The maximum atomic E-state index is 11.3. The van der Waals surface area contributed by atoms with Gasteiger partial charge in [-0.2, -0.15) is 0 Å². The van der Waals surface area contributed by atoms with Gasteiger partial charge in [0.2, 0.25) is 0 Å². The van der Waals surface area contributed by atoms with E-state index in [-0.39, 0.29) is 11.3 Å². The van der Waals surface area contributed by atoms with Gasteiger partial charge in [0.05, 0.1) is 22.6 Å². The monoisotopic (exact) mass is 381 g/mol. The number of aryl methyl sites for hydroxylation is 1. The number of hydrogen-bond donors (Lipinski definition) is 0. The van der Waals surface area contributed by atoms with Crippen molar-refractivity contribution in [2.45, 2.75) is 17.0 Å². The van der Waals surface area contributed by atoms with Crippen LogP contribution in [0.3, 0.4) is 0 Å². The van der Waals surface area contributed by atoms with Crippen LogP contribution in [0.2, 0.25) is 0 Å². The molecule has 0 saturated heterocycles. The number of nitro benzene ring substituents is 1. The Balaban J connectivity index is 1.97.